The van der Waals surface area contributed by atoms with Crippen LogP contribution in [0, 0.1) is 5.92 Å². The molecule has 0 radical (unpaired) electrons. The van der Waals surface area contributed by atoms with Gasteiger partial charge in [0, 0.05) is 12.8 Å². The van der Waals surface area contributed by atoms with Gasteiger partial charge in [-0.15, -0.1) is 0 Å². The highest BCUT2D eigenvalue weighted by Crippen LogP contribution is 2.30. The van der Waals surface area contributed by atoms with E-state index in [0.717, 1.165) is 50.9 Å². The molecule has 1 fully saturated rings. The van der Waals surface area contributed by atoms with Crippen molar-refractivity contribution in [2.75, 3.05) is 13.2 Å². The molecule has 48 heavy (non-hydrogen) atoms. The predicted molar refractivity (Wildman–Crippen MR) is 200 cm³/mol. The van der Waals surface area contributed by atoms with Gasteiger partial charge in [-0.05, 0) is 57.3 Å². The van der Waals surface area contributed by atoms with Crippen molar-refractivity contribution >= 4 is 11.9 Å². The average Bonchev–Trinajstić information content (AvgIpc) is 3.82. The molecule has 0 aromatic carbocycles. The maximum absolute atomic E-state index is 12.2. The van der Waals surface area contributed by atoms with Crippen molar-refractivity contribution in [2.24, 2.45) is 5.92 Å². The van der Waals surface area contributed by atoms with Gasteiger partial charge in [0.05, 0.1) is 18.8 Å². The summed E-state index contributed by atoms with van der Waals surface area (Å²) in [6.45, 7) is 6.39. The van der Waals surface area contributed by atoms with Crippen molar-refractivity contribution in [3.05, 3.63) is 36.5 Å². The molecule has 1 heterocycles. The summed E-state index contributed by atoms with van der Waals surface area (Å²) in [6.07, 6.45) is 40.8. The van der Waals surface area contributed by atoms with Gasteiger partial charge in [-0.1, -0.05) is 154 Å². The molecule has 0 bridgehead atoms. The molecule has 1 rings (SSSR count). The van der Waals surface area contributed by atoms with Crippen LogP contribution in [-0.4, -0.2) is 48.6 Å². The Bertz CT molecular complexity index is 847. The summed E-state index contributed by atoms with van der Waals surface area (Å²) in [5.74, 6) is 0.176. The number of rotatable bonds is 34. The summed E-state index contributed by atoms with van der Waals surface area (Å²) in [6, 6.07) is 0. The SMILES string of the molecule is CCCCC/C=C\C/C=C\C/C=C\CC1OC1CCCC(=O)OC[C@H](CO)OC(=O)CCCCCCCCCCCCCCCC(C)C. The predicted octanol–water partition coefficient (Wildman–Crippen LogP) is 11.3. The molecule has 0 saturated carbocycles. The van der Waals surface area contributed by atoms with Crippen LogP contribution < -0.4 is 0 Å². The van der Waals surface area contributed by atoms with Crippen molar-refractivity contribution in [3.63, 3.8) is 0 Å². The lowest BCUT2D eigenvalue weighted by molar-refractivity contribution is -0.161. The number of carbonyl (C=O) groups is 2. The van der Waals surface area contributed by atoms with Crippen LogP contribution in [-0.2, 0) is 23.8 Å². The third-order valence-corrected chi connectivity index (χ3v) is 9.04. The molecule has 278 valence electrons. The maximum atomic E-state index is 12.2. The number of hydrogen-bond acceptors (Lipinski definition) is 6. The number of carbonyl (C=O) groups excluding carboxylic acids is 2. The Hall–Kier alpha value is -1.92. The van der Waals surface area contributed by atoms with E-state index < -0.39 is 6.10 Å². The molecular weight excluding hydrogens is 600 g/mol. The van der Waals surface area contributed by atoms with E-state index in [1.165, 1.54) is 96.3 Å². The van der Waals surface area contributed by atoms with Crippen molar-refractivity contribution < 1.29 is 28.9 Å². The fraction of sp³-hybridized carbons (Fsp3) is 0.810. The van der Waals surface area contributed by atoms with Crippen molar-refractivity contribution in [2.45, 2.75) is 200 Å². The van der Waals surface area contributed by atoms with Crippen molar-refractivity contribution in [1.29, 1.82) is 0 Å². The van der Waals surface area contributed by atoms with E-state index in [0.29, 0.717) is 19.3 Å². The van der Waals surface area contributed by atoms with Crippen LogP contribution in [0.15, 0.2) is 36.5 Å². The number of unbranched alkanes of at least 4 members (excludes halogenated alkanes) is 15. The molecular formula is C42H74O6. The number of ether oxygens (including phenoxy) is 3. The lowest BCUT2D eigenvalue weighted by atomic mass is 10.0. The number of esters is 2. The number of allylic oxidation sites excluding steroid dienone is 5. The molecule has 2 unspecified atom stereocenters. The van der Waals surface area contributed by atoms with Crippen LogP contribution in [0.3, 0.4) is 0 Å². The van der Waals surface area contributed by atoms with E-state index in [1.54, 1.807) is 0 Å². The lowest BCUT2D eigenvalue weighted by Crippen LogP contribution is -2.28. The van der Waals surface area contributed by atoms with Crippen LogP contribution in [0.25, 0.3) is 0 Å². The molecule has 0 aliphatic carbocycles. The third kappa shape index (κ3) is 29.0. The minimum atomic E-state index is -0.800. The van der Waals surface area contributed by atoms with E-state index in [1.807, 2.05) is 0 Å². The summed E-state index contributed by atoms with van der Waals surface area (Å²) in [5, 5.41) is 9.58. The highest BCUT2D eigenvalue weighted by Gasteiger charge is 2.36. The second-order valence-corrected chi connectivity index (χ2v) is 14.2. The minimum absolute atomic E-state index is 0.101. The summed E-state index contributed by atoms with van der Waals surface area (Å²) < 4.78 is 16.3. The first-order valence-electron chi connectivity index (χ1n) is 20.0. The van der Waals surface area contributed by atoms with Gasteiger partial charge in [-0.3, -0.25) is 9.59 Å². The Kier molecular flexibility index (Phi) is 29.7. The molecule has 0 amide bonds. The van der Waals surface area contributed by atoms with Gasteiger partial charge in [0.15, 0.2) is 6.10 Å². The van der Waals surface area contributed by atoms with Gasteiger partial charge >= 0.3 is 11.9 Å². The van der Waals surface area contributed by atoms with Gasteiger partial charge in [0.2, 0.25) is 0 Å². The summed E-state index contributed by atoms with van der Waals surface area (Å²) in [5.41, 5.74) is 0. The normalized spacial score (nSPS) is 16.9. The van der Waals surface area contributed by atoms with Gasteiger partial charge in [-0.2, -0.15) is 0 Å². The van der Waals surface area contributed by atoms with E-state index >= 15 is 0 Å². The van der Waals surface area contributed by atoms with Gasteiger partial charge in [0.1, 0.15) is 6.61 Å². The van der Waals surface area contributed by atoms with E-state index in [9.17, 15) is 14.7 Å². The van der Waals surface area contributed by atoms with Crippen LogP contribution in [0.1, 0.15) is 181 Å². The van der Waals surface area contributed by atoms with Crippen LogP contribution in [0.5, 0.6) is 0 Å². The highest BCUT2D eigenvalue weighted by molar-refractivity contribution is 5.70. The first-order chi connectivity index (χ1) is 23.5. The van der Waals surface area contributed by atoms with Crippen LogP contribution in [0.2, 0.25) is 0 Å². The largest absolute Gasteiger partial charge is 0.462 e. The average molecular weight is 675 g/mol. The number of aliphatic hydroxyl groups excluding tert-OH is 1. The van der Waals surface area contributed by atoms with E-state index in [4.69, 9.17) is 14.2 Å². The van der Waals surface area contributed by atoms with Gasteiger partial charge < -0.3 is 19.3 Å². The van der Waals surface area contributed by atoms with Gasteiger partial charge in [0.25, 0.3) is 0 Å². The fourth-order valence-corrected chi connectivity index (χ4v) is 5.88. The Morgan fingerprint density at radius 2 is 1.23 bits per heavy atom. The molecule has 0 aromatic rings. The highest BCUT2D eigenvalue weighted by atomic mass is 16.6. The Balaban J connectivity index is 1.93. The minimum Gasteiger partial charge on any atom is -0.462 e. The summed E-state index contributed by atoms with van der Waals surface area (Å²) in [7, 11) is 0. The zero-order valence-electron chi connectivity index (χ0n) is 31.4. The lowest BCUT2D eigenvalue weighted by Gasteiger charge is -2.15. The van der Waals surface area contributed by atoms with E-state index in [2.05, 4.69) is 57.2 Å². The number of aliphatic hydroxyl groups is 1. The zero-order valence-corrected chi connectivity index (χ0v) is 31.4. The molecule has 1 aliphatic heterocycles. The second-order valence-electron chi connectivity index (χ2n) is 14.2. The number of epoxide rings is 1. The molecule has 1 N–H and O–H groups in total. The van der Waals surface area contributed by atoms with Gasteiger partial charge in [-0.25, -0.2) is 0 Å². The van der Waals surface area contributed by atoms with Crippen molar-refractivity contribution in [3.8, 4) is 0 Å². The smallest absolute Gasteiger partial charge is 0.306 e. The first-order valence-corrected chi connectivity index (χ1v) is 20.0. The molecule has 3 atom stereocenters. The molecule has 0 spiro atoms. The van der Waals surface area contributed by atoms with Crippen LogP contribution >= 0.6 is 0 Å². The second kappa shape index (κ2) is 32.3. The van der Waals surface area contributed by atoms with Crippen LogP contribution in [0.4, 0.5) is 0 Å². The molecule has 1 aliphatic rings. The Morgan fingerprint density at radius 1 is 0.667 bits per heavy atom. The Labute approximate surface area is 295 Å². The summed E-state index contributed by atoms with van der Waals surface area (Å²) in [4.78, 5) is 24.4. The van der Waals surface area contributed by atoms with E-state index in [-0.39, 0.29) is 37.4 Å². The quantitative estimate of drug-likeness (QED) is 0.0316. The first kappa shape index (κ1) is 44.1. The number of hydrogen-bond donors (Lipinski definition) is 1. The molecule has 1 saturated heterocycles. The molecule has 6 nitrogen and oxygen atoms in total. The van der Waals surface area contributed by atoms with Crippen molar-refractivity contribution in [1.82, 2.24) is 0 Å². The standard InChI is InChI=1S/C42H74O6/c1-4-5-6-7-8-9-10-15-18-21-24-27-31-39-40(48-39)32-29-34-41(44)46-36-38(35-43)47-42(45)33-28-25-22-19-16-13-11-12-14-17-20-23-26-30-37(2)3/h8-9,15,18,24,27,37-40,43H,4-7,10-14,16-17,19-23,25-26,28-36H2,1-3H3/b9-8-,18-15-,27-24-/t38-,39?,40?/m0/s1. The molecule has 0 aromatic heterocycles. The topological polar surface area (TPSA) is 85.4 Å². The monoisotopic (exact) mass is 675 g/mol. The zero-order chi connectivity index (χ0) is 34.9. The summed E-state index contributed by atoms with van der Waals surface area (Å²) >= 11 is 0. The molecule has 6 heteroatoms. The third-order valence-electron chi connectivity index (χ3n) is 9.04. The maximum Gasteiger partial charge on any atom is 0.306 e. The fourth-order valence-electron chi connectivity index (χ4n) is 5.88. The Morgan fingerprint density at radius 3 is 1.83 bits per heavy atom.